The summed E-state index contributed by atoms with van der Waals surface area (Å²) in [5.41, 5.74) is -1.25. The highest BCUT2D eigenvalue weighted by Gasteiger charge is 2.47. The number of alkyl halides is 1. The van der Waals surface area contributed by atoms with E-state index in [4.69, 9.17) is 25.8 Å². The van der Waals surface area contributed by atoms with E-state index >= 15 is 0 Å². The molecule has 2 rings (SSSR count). The maximum atomic E-state index is 12.0. The van der Waals surface area contributed by atoms with Crippen LogP contribution in [0, 0.1) is 3.57 Å². The van der Waals surface area contributed by atoms with Gasteiger partial charge in [-0.25, -0.2) is 4.79 Å². The molecule has 11 heteroatoms. The van der Waals surface area contributed by atoms with Gasteiger partial charge in [-0.3, -0.25) is 23.9 Å². The molecular weight excluding hydrogens is 459 g/mol. The standard InChI is InChI=1S/C13H14ClIN2O7/c1-5(18)22-4-8-10(23-6(2)19)9(14)12(24-8)17-3-7(15)11(20)16-13(17)21/h3,8-10,12H,4H2,1-2H3,(H,16,20,21)/t8-,9-,10-,12-/m1/s1. The van der Waals surface area contributed by atoms with Crippen LogP contribution in [0.4, 0.5) is 0 Å². The summed E-state index contributed by atoms with van der Waals surface area (Å²) in [5, 5.41) is -0.922. The van der Waals surface area contributed by atoms with Crippen LogP contribution >= 0.6 is 34.2 Å². The number of carbonyl (C=O) groups excluding carboxylic acids is 2. The second kappa shape index (κ2) is 7.66. The van der Waals surface area contributed by atoms with E-state index in [2.05, 4.69) is 4.98 Å². The number of nitrogens with zero attached hydrogens (tertiary/aromatic N) is 1. The number of H-pyrrole nitrogens is 1. The van der Waals surface area contributed by atoms with E-state index in [0.717, 1.165) is 4.57 Å². The molecule has 1 aromatic heterocycles. The van der Waals surface area contributed by atoms with E-state index in [1.165, 1.54) is 20.0 Å². The fraction of sp³-hybridized carbons (Fsp3) is 0.538. The maximum absolute atomic E-state index is 12.0. The second-order valence-corrected chi connectivity index (χ2v) is 6.70. The van der Waals surface area contributed by atoms with Crippen LogP contribution in [0.1, 0.15) is 20.1 Å². The summed E-state index contributed by atoms with van der Waals surface area (Å²) >= 11 is 8.06. The van der Waals surface area contributed by atoms with Crippen molar-refractivity contribution in [1.29, 1.82) is 0 Å². The number of rotatable bonds is 4. The Kier molecular flexibility index (Phi) is 6.04. The third-order valence-corrected chi connectivity index (χ3v) is 4.45. The number of hydrogen-bond donors (Lipinski definition) is 1. The zero-order valence-electron chi connectivity index (χ0n) is 12.7. The van der Waals surface area contributed by atoms with E-state index in [9.17, 15) is 19.2 Å². The highest BCUT2D eigenvalue weighted by Crippen LogP contribution is 2.35. The monoisotopic (exact) mass is 472 g/mol. The zero-order chi connectivity index (χ0) is 18.0. The molecule has 1 N–H and O–H groups in total. The van der Waals surface area contributed by atoms with E-state index in [0.29, 0.717) is 0 Å². The minimum absolute atomic E-state index is 0.192. The second-order valence-electron chi connectivity index (χ2n) is 5.03. The third kappa shape index (κ3) is 4.16. The number of carbonyl (C=O) groups is 2. The van der Waals surface area contributed by atoms with Gasteiger partial charge in [0.25, 0.3) is 5.56 Å². The predicted molar refractivity (Wildman–Crippen MR) is 89.8 cm³/mol. The molecule has 2 heterocycles. The summed E-state index contributed by atoms with van der Waals surface area (Å²) in [6.07, 6.45) is -1.48. The molecule has 1 fully saturated rings. The van der Waals surface area contributed by atoms with Crippen LogP contribution in [0.2, 0.25) is 0 Å². The van der Waals surface area contributed by atoms with E-state index < -0.39 is 47.0 Å². The number of hydrogen-bond acceptors (Lipinski definition) is 7. The van der Waals surface area contributed by atoms with Crippen LogP contribution < -0.4 is 11.2 Å². The van der Waals surface area contributed by atoms with Crippen LogP contribution in [0.25, 0.3) is 0 Å². The molecule has 0 aliphatic carbocycles. The first-order valence-electron chi connectivity index (χ1n) is 6.81. The molecule has 1 aliphatic heterocycles. The average Bonchev–Trinajstić information content (AvgIpc) is 2.77. The van der Waals surface area contributed by atoms with Crippen LogP contribution in [0.5, 0.6) is 0 Å². The average molecular weight is 473 g/mol. The van der Waals surface area contributed by atoms with Gasteiger partial charge in [-0.15, -0.1) is 11.6 Å². The molecule has 0 amide bonds. The van der Waals surface area contributed by atoms with Crippen molar-refractivity contribution in [3.05, 3.63) is 30.6 Å². The largest absolute Gasteiger partial charge is 0.463 e. The molecule has 1 aromatic rings. The van der Waals surface area contributed by atoms with Gasteiger partial charge < -0.3 is 14.2 Å². The van der Waals surface area contributed by atoms with Crippen LogP contribution in [-0.4, -0.2) is 45.7 Å². The van der Waals surface area contributed by atoms with Gasteiger partial charge in [0.1, 0.15) is 18.1 Å². The Hall–Kier alpha value is -1.40. The number of halogens is 2. The number of aromatic amines is 1. The fourth-order valence-electron chi connectivity index (χ4n) is 2.23. The molecule has 1 aliphatic rings. The zero-order valence-corrected chi connectivity index (χ0v) is 15.6. The van der Waals surface area contributed by atoms with Crippen molar-refractivity contribution in [3.63, 3.8) is 0 Å². The molecule has 0 unspecified atom stereocenters. The topological polar surface area (TPSA) is 117 Å². The lowest BCUT2D eigenvalue weighted by molar-refractivity contribution is -0.155. The molecule has 24 heavy (non-hydrogen) atoms. The summed E-state index contributed by atoms with van der Waals surface area (Å²) in [5.74, 6) is -1.13. The number of esters is 2. The number of nitrogens with one attached hydrogen (secondary N) is 1. The maximum Gasteiger partial charge on any atom is 0.330 e. The number of ether oxygens (including phenoxy) is 3. The van der Waals surface area contributed by atoms with Gasteiger partial charge in [-0.2, -0.15) is 0 Å². The van der Waals surface area contributed by atoms with Gasteiger partial charge in [-0.05, 0) is 22.6 Å². The first-order valence-corrected chi connectivity index (χ1v) is 8.33. The van der Waals surface area contributed by atoms with Crippen molar-refractivity contribution in [3.8, 4) is 0 Å². The Bertz CT molecular complexity index is 761. The van der Waals surface area contributed by atoms with Crippen molar-refractivity contribution in [2.24, 2.45) is 0 Å². The third-order valence-electron chi connectivity index (χ3n) is 3.22. The van der Waals surface area contributed by atoms with E-state index in [-0.39, 0.29) is 10.2 Å². The van der Waals surface area contributed by atoms with Crippen molar-refractivity contribution in [2.45, 2.75) is 37.7 Å². The lowest BCUT2D eigenvalue weighted by Gasteiger charge is -2.19. The van der Waals surface area contributed by atoms with Crippen molar-refractivity contribution >= 4 is 46.1 Å². The molecule has 0 radical (unpaired) electrons. The number of aromatic nitrogens is 2. The highest BCUT2D eigenvalue weighted by molar-refractivity contribution is 14.1. The van der Waals surface area contributed by atoms with Crippen LogP contribution in [-0.2, 0) is 23.8 Å². The molecule has 4 atom stereocenters. The minimum atomic E-state index is -1.01. The highest BCUT2D eigenvalue weighted by atomic mass is 127. The summed E-state index contributed by atoms with van der Waals surface area (Å²) < 4.78 is 17.0. The Morgan fingerprint density at radius 3 is 2.62 bits per heavy atom. The van der Waals surface area contributed by atoms with Gasteiger partial charge in [-0.1, -0.05) is 0 Å². The first-order chi connectivity index (χ1) is 11.2. The Balaban J connectivity index is 2.33. The van der Waals surface area contributed by atoms with Crippen LogP contribution in [0.3, 0.4) is 0 Å². The molecule has 9 nitrogen and oxygen atoms in total. The van der Waals surface area contributed by atoms with Gasteiger partial charge in [0.05, 0.1) is 3.57 Å². The molecule has 1 saturated heterocycles. The van der Waals surface area contributed by atoms with Gasteiger partial charge >= 0.3 is 17.6 Å². The van der Waals surface area contributed by atoms with Gasteiger partial charge in [0.15, 0.2) is 12.3 Å². The lowest BCUT2D eigenvalue weighted by atomic mass is 10.1. The summed E-state index contributed by atoms with van der Waals surface area (Å²) in [7, 11) is 0. The van der Waals surface area contributed by atoms with Gasteiger partial charge in [0.2, 0.25) is 0 Å². The van der Waals surface area contributed by atoms with Crippen molar-refractivity contribution < 1.29 is 23.8 Å². The Morgan fingerprint density at radius 2 is 2.04 bits per heavy atom. The quantitative estimate of drug-likeness (QED) is 0.376. The molecule has 132 valence electrons. The van der Waals surface area contributed by atoms with Crippen LogP contribution in [0.15, 0.2) is 15.8 Å². The molecule has 0 aromatic carbocycles. The SMILES string of the molecule is CC(=O)OC[C@H]1O[C@@H](n2cc(I)c(=O)[nH]c2=O)[C@H](Cl)[C@@H]1OC(C)=O. The molecule has 0 bridgehead atoms. The summed E-state index contributed by atoms with van der Waals surface area (Å²) in [6, 6.07) is 0. The summed E-state index contributed by atoms with van der Waals surface area (Å²) in [6.45, 7) is 2.23. The molecular formula is C13H14ClIN2O7. The van der Waals surface area contributed by atoms with Gasteiger partial charge in [0, 0.05) is 20.0 Å². The minimum Gasteiger partial charge on any atom is -0.463 e. The Morgan fingerprint density at radius 1 is 1.38 bits per heavy atom. The Labute approximate surface area is 154 Å². The predicted octanol–water partition coefficient (Wildman–Crippen LogP) is 0.141. The first kappa shape index (κ1) is 18.9. The van der Waals surface area contributed by atoms with Crippen molar-refractivity contribution in [1.82, 2.24) is 9.55 Å². The normalized spacial score (nSPS) is 26.2. The molecule has 0 saturated carbocycles. The fourth-order valence-corrected chi connectivity index (χ4v) is 3.06. The smallest absolute Gasteiger partial charge is 0.330 e. The van der Waals surface area contributed by atoms with Crippen molar-refractivity contribution in [2.75, 3.05) is 6.61 Å². The summed E-state index contributed by atoms with van der Waals surface area (Å²) in [4.78, 5) is 47.9. The van der Waals surface area contributed by atoms with E-state index in [1.807, 2.05) is 0 Å². The molecule has 0 spiro atoms. The van der Waals surface area contributed by atoms with E-state index in [1.54, 1.807) is 22.6 Å². The lowest BCUT2D eigenvalue weighted by Crippen LogP contribution is -2.38.